The van der Waals surface area contributed by atoms with E-state index < -0.39 is 0 Å². The molecule has 0 bridgehead atoms. The summed E-state index contributed by atoms with van der Waals surface area (Å²) in [6, 6.07) is 13.4. The van der Waals surface area contributed by atoms with Gasteiger partial charge in [-0.15, -0.1) is 0 Å². The van der Waals surface area contributed by atoms with E-state index in [1.54, 1.807) is 0 Å². The summed E-state index contributed by atoms with van der Waals surface area (Å²) in [5.74, 6) is -0.348. The fourth-order valence-corrected chi connectivity index (χ4v) is 5.12. The minimum Gasteiger partial charge on any atom is -0.368 e. The average Bonchev–Trinajstić information content (AvgIpc) is 3.37. The third-order valence-electron chi connectivity index (χ3n) is 6.99. The number of anilines is 1. The monoisotopic (exact) mass is 436 g/mol. The first-order chi connectivity index (χ1) is 15.6. The van der Waals surface area contributed by atoms with Crippen LogP contribution in [-0.4, -0.2) is 60.5 Å². The fourth-order valence-electron chi connectivity index (χ4n) is 5.12. The maximum absolute atomic E-state index is 13.1. The summed E-state index contributed by atoms with van der Waals surface area (Å²) < 4.78 is 13.1. The molecule has 7 heteroatoms. The van der Waals surface area contributed by atoms with Gasteiger partial charge >= 0.3 is 6.03 Å². The van der Waals surface area contributed by atoms with E-state index in [-0.39, 0.29) is 24.3 Å². The molecule has 5 rings (SSSR count). The zero-order valence-corrected chi connectivity index (χ0v) is 18.2. The molecule has 2 aromatic rings. The predicted molar refractivity (Wildman–Crippen MR) is 121 cm³/mol. The number of benzene rings is 2. The maximum atomic E-state index is 13.1. The molecule has 3 aliphatic heterocycles. The zero-order valence-electron chi connectivity index (χ0n) is 18.2. The van der Waals surface area contributed by atoms with Crippen molar-refractivity contribution in [3.8, 4) is 0 Å². The van der Waals surface area contributed by atoms with Crippen molar-refractivity contribution in [1.82, 2.24) is 15.1 Å². The van der Waals surface area contributed by atoms with E-state index in [1.807, 2.05) is 18.2 Å². The van der Waals surface area contributed by atoms with Crippen molar-refractivity contribution in [2.75, 3.05) is 37.6 Å². The standard InChI is InChI=1S/C25H29FN4O2/c26-21-5-2-18(3-6-21)7-11-28-12-9-22(10-13-28)29-14-8-20-4-1-19(15-23(20)29)17-30-24(31)16-27-25(30)32/h1-6,15,22H,7-14,16-17H2,(H,27,32). The average molecular weight is 437 g/mol. The number of imide groups is 1. The Morgan fingerprint density at radius 1 is 0.969 bits per heavy atom. The lowest BCUT2D eigenvalue weighted by Gasteiger charge is -2.38. The molecule has 2 aromatic carbocycles. The number of hydrogen-bond acceptors (Lipinski definition) is 4. The minimum atomic E-state index is -0.305. The van der Waals surface area contributed by atoms with Gasteiger partial charge < -0.3 is 15.1 Å². The van der Waals surface area contributed by atoms with Crippen LogP contribution in [0, 0.1) is 5.82 Å². The van der Waals surface area contributed by atoms with Crippen LogP contribution in [0.3, 0.4) is 0 Å². The van der Waals surface area contributed by atoms with Crippen LogP contribution in [0.5, 0.6) is 0 Å². The summed E-state index contributed by atoms with van der Waals surface area (Å²) in [6.45, 7) is 4.59. The number of hydrogen-bond donors (Lipinski definition) is 1. The largest absolute Gasteiger partial charge is 0.368 e. The lowest BCUT2D eigenvalue weighted by molar-refractivity contribution is -0.125. The molecule has 0 saturated carbocycles. The quantitative estimate of drug-likeness (QED) is 0.708. The Hall–Kier alpha value is -2.93. The highest BCUT2D eigenvalue weighted by molar-refractivity contribution is 6.01. The van der Waals surface area contributed by atoms with Gasteiger partial charge in [0, 0.05) is 37.9 Å². The molecule has 3 amide bonds. The van der Waals surface area contributed by atoms with E-state index in [9.17, 15) is 14.0 Å². The molecule has 32 heavy (non-hydrogen) atoms. The van der Waals surface area contributed by atoms with Crippen molar-refractivity contribution in [3.05, 3.63) is 65.0 Å². The van der Waals surface area contributed by atoms with Crippen molar-refractivity contribution < 1.29 is 14.0 Å². The molecule has 3 heterocycles. The van der Waals surface area contributed by atoms with Crippen LogP contribution in [0.25, 0.3) is 0 Å². The Morgan fingerprint density at radius 3 is 2.44 bits per heavy atom. The number of halogens is 1. The maximum Gasteiger partial charge on any atom is 0.324 e. The molecule has 0 atom stereocenters. The summed E-state index contributed by atoms with van der Waals surface area (Å²) in [5, 5.41) is 2.59. The smallest absolute Gasteiger partial charge is 0.324 e. The number of rotatable bonds is 6. The van der Waals surface area contributed by atoms with Crippen LogP contribution in [-0.2, 0) is 24.2 Å². The first kappa shape index (κ1) is 20.9. The number of carbonyl (C=O) groups is 2. The van der Waals surface area contributed by atoms with Gasteiger partial charge in [-0.25, -0.2) is 9.18 Å². The highest BCUT2D eigenvalue weighted by Crippen LogP contribution is 2.34. The molecule has 1 N–H and O–H groups in total. The molecule has 2 saturated heterocycles. The highest BCUT2D eigenvalue weighted by atomic mass is 19.1. The van der Waals surface area contributed by atoms with Crippen LogP contribution in [0.2, 0.25) is 0 Å². The van der Waals surface area contributed by atoms with E-state index in [0.29, 0.717) is 12.6 Å². The Balaban J connectivity index is 1.18. The number of urea groups is 1. The third-order valence-corrected chi connectivity index (χ3v) is 6.99. The first-order valence-corrected chi connectivity index (χ1v) is 11.5. The molecule has 0 aliphatic carbocycles. The molecule has 0 aromatic heterocycles. The van der Waals surface area contributed by atoms with Crippen LogP contribution in [0.15, 0.2) is 42.5 Å². The summed E-state index contributed by atoms with van der Waals surface area (Å²) in [4.78, 5) is 30.1. The molecular weight excluding hydrogens is 407 g/mol. The Morgan fingerprint density at radius 2 is 1.72 bits per heavy atom. The van der Waals surface area contributed by atoms with Gasteiger partial charge in [0.05, 0.1) is 13.1 Å². The molecule has 2 fully saturated rings. The van der Waals surface area contributed by atoms with Gasteiger partial charge in [0.15, 0.2) is 0 Å². The van der Waals surface area contributed by atoms with Crippen LogP contribution in [0.1, 0.15) is 29.5 Å². The van der Waals surface area contributed by atoms with Gasteiger partial charge in [0.25, 0.3) is 0 Å². The van der Waals surface area contributed by atoms with Crippen molar-refractivity contribution in [3.63, 3.8) is 0 Å². The van der Waals surface area contributed by atoms with E-state index in [1.165, 1.54) is 33.8 Å². The van der Waals surface area contributed by atoms with Gasteiger partial charge in [-0.05, 0) is 60.6 Å². The van der Waals surface area contributed by atoms with Gasteiger partial charge in [0.1, 0.15) is 5.82 Å². The Kier molecular flexibility index (Phi) is 5.83. The lowest BCUT2D eigenvalue weighted by Crippen LogP contribution is -2.45. The molecule has 0 unspecified atom stereocenters. The summed E-state index contributed by atoms with van der Waals surface area (Å²) in [6.07, 6.45) is 4.24. The van der Waals surface area contributed by atoms with E-state index >= 15 is 0 Å². The van der Waals surface area contributed by atoms with Crippen molar-refractivity contribution in [1.29, 1.82) is 0 Å². The second-order valence-electron chi connectivity index (χ2n) is 8.99. The number of fused-ring (bicyclic) bond motifs is 1. The van der Waals surface area contributed by atoms with Crippen molar-refractivity contribution in [2.24, 2.45) is 0 Å². The lowest BCUT2D eigenvalue weighted by atomic mass is 10.0. The van der Waals surface area contributed by atoms with Crippen LogP contribution >= 0.6 is 0 Å². The number of nitrogens with one attached hydrogen (secondary N) is 1. The molecule has 3 aliphatic rings. The molecule has 0 spiro atoms. The van der Waals surface area contributed by atoms with Crippen molar-refractivity contribution >= 4 is 17.6 Å². The highest BCUT2D eigenvalue weighted by Gasteiger charge is 2.31. The number of likely N-dealkylation sites (tertiary alicyclic amines) is 1. The second-order valence-corrected chi connectivity index (χ2v) is 8.99. The molecule has 6 nitrogen and oxygen atoms in total. The molecule has 0 radical (unpaired) electrons. The van der Waals surface area contributed by atoms with E-state index in [2.05, 4.69) is 27.2 Å². The van der Waals surface area contributed by atoms with E-state index in [4.69, 9.17) is 0 Å². The van der Waals surface area contributed by atoms with Gasteiger partial charge in [-0.1, -0.05) is 24.3 Å². The molecule has 168 valence electrons. The topological polar surface area (TPSA) is 55.9 Å². The Labute approximate surface area is 188 Å². The number of nitrogens with zero attached hydrogens (tertiary/aromatic N) is 3. The number of amides is 3. The minimum absolute atomic E-state index is 0.0929. The SMILES string of the molecule is O=C1CNC(=O)N1Cc1ccc2c(c1)N(C1CCN(CCc3ccc(F)cc3)CC1)CC2. The van der Waals surface area contributed by atoms with E-state index in [0.717, 1.165) is 57.4 Å². The van der Waals surface area contributed by atoms with Gasteiger partial charge in [0.2, 0.25) is 5.91 Å². The van der Waals surface area contributed by atoms with Crippen LogP contribution < -0.4 is 10.2 Å². The zero-order chi connectivity index (χ0) is 22.1. The fraction of sp³-hybridized carbons (Fsp3) is 0.440. The van der Waals surface area contributed by atoms with Gasteiger partial charge in [-0.2, -0.15) is 0 Å². The second kappa shape index (κ2) is 8.90. The third kappa shape index (κ3) is 4.35. The molecular formula is C25H29FN4O2. The Bertz CT molecular complexity index is 986. The van der Waals surface area contributed by atoms with Gasteiger partial charge in [-0.3, -0.25) is 9.69 Å². The predicted octanol–water partition coefficient (Wildman–Crippen LogP) is 2.95. The summed E-state index contributed by atoms with van der Waals surface area (Å²) in [5.41, 5.74) is 4.79. The summed E-state index contributed by atoms with van der Waals surface area (Å²) >= 11 is 0. The number of carbonyl (C=O) groups excluding carboxylic acids is 2. The summed E-state index contributed by atoms with van der Waals surface area (Å²) in [7, 11) is 0. The number of piperidine rings is 1. The van der Waals surface area contributed by atoms with Crippen molar-refractivity contribution in [2.45, 2.75) is 38.3 Å². The normalized spacial score (nSPS) is 19.5. The first-order valence-electron chi connectivity index (χ1n) is 11.5. The van der Waals surface area contributed by atoms with Crippen LogP contribution in [0.4, 0.5) is 14.9 Å².